The smallest absolute Gasteiger partial charge is 0.254 e. The number of hydrogen-bond donors (Lipinski definition) is 3. The molecule has 4 rings (SSSR count). The van der Waals surface area contributed by atoms with Crippen LogP contribution in [0.5, 0.6) is 0 Å². The van der Waals surface area contributed by atoms with Crippen LogP contribution in [0.2, 0.25) is 0 Å². The largest absolute Gasteiger partial charge is 0.381 e. The molecule has 1 aliphatic carbocycles. The summed E-state index contributed by atoms with van der Waals surface area (Å²) in [5.41, 5.74) is 3.01. The molecule has 8 heteroatoms. The van der Waals surface area contributed by atoms with Crippen molar-refractivity contribution in [3.8, 4) is 0 Å². The molecule has 0 aromatic heterocycles. The van der Waals surface area contributed by atoms with Crippen LogP contribution in [-0.2, 0) is 27.3 Å². The van der Waals surface area contributed by atoms with Crippen LogP contribution in [0.15, 0.2) is 54.6 Å². The average Bonchev–Trinajstić information content (AvgIpc) is 3.55. The summed E-state index contributed by atoms with van der Waals surface area (Å²) in [6.45, 7) is 6.24. The second kappa shape index (κ2) is 12.3. The number of carbonyl (C=O) groups excluding carboxylic acids is 3. The zero-order chi connectivity index (χ0) is 27.3. The molecule has 1 aliphatic heterocycles. The minimum atomic E-state index is -1.47. The molecule has 2 fully saturated rings. The summed E-state index contributed by atoms with van der Waals surface area (Å²) < 4.78 is -0.535. The van der Waals surface area contributed by atoms with Crippen LogP contribution >= 0.6 is 11.8 Å². The normalized spacial score (nSPS) is 20.6. The third-order valence-electron chi connectivity index (χ3n) is 7.78. The van der Waals surface area contributed by atoms with E-state index < -0.39 is 28.8 Å². The summed E-state index contributed by atoms with van der Waals surface area (Å²) in [5.74, 6) is -0.694. The van der Waals surface area contributed by atoms with Crippen molar-refractivity contribution < 1.29 is 19.5 Å². The molecular formula is C30H39N3O4S. The molecule has 0 bridgehead atoms. The van der Waals surface area contributed by atoms with Crippen LogP contribution in [0.4, 0.5) is 0 Å². The van der Waals surface area contributed by atoms with Crippen molar-refractivity contribution in [3.63, 3.8) is 0 Å². The number of rotatable bonds is 9. The molecule has 0 spiro atoms. The van der Waals surface area contributed by atoms with Gasteiger partial charge in [-0.15, -0.1) is 11.8 Å². The van der Waals surface area contributed by atoms with E-state index in [1.807, 2.05) is 75.4 Å². The van der Waals surface area contributed by atoms with E-state index in [2.05, 4.69) is 10.6 Å². The Morgan fingerprint density at radius 3 is 2.37 bits per heavy atom. The lowest BCUT2D eigenvalue weighted by Crippen LogP contribution is -2.59. The van der Waals surface area contributed by atoms with E-state index in [0.717, 1.165) is 42.4 Å². The van der Waals surface area contributed by atoms with Gasteiger partial charge in [-0.2, -0.15) is 0 Å². The van der Waals surface area contributed by atoms with Crippen molar-refractivity contribution in [2.75, 3.05) is 5.88 Å². The number of aliphatic hydroxyl groups excluding tert-OH is 1. The molecule has 2 aromatic rings. The van der Waals surface area contributed by atoms with Crippen LogP contribution in [0.25, 0.3) is 0 Å². The molecule has 204 valence electrons. The summed E-state index contributed by atoms with van der Waals surface area (Å²) in [6.07, 6.45) is 2.54. The predicted octanol–water partition coefficient (Wildman–Crippen LogP) is 3.57. The average molecular weight is 538 g/mol. The molecular weight excluding hydrogens is 498 g/mol. The highest BCUT2D eigenvalue weighted by Gasteiger charge is 2.49. The number of aryl methyl sites for hydroxylation is 1. The Morgan fingerprint density at radius 1 is 1.03 bits per heavy atom. The SMILES string of the molecule is Cc1ccccc1CNC(=O)[C@H]1N(C(=O)[C@@H](O)[C@H](Cc2ccccc2)NC(=O)C2CCCC2)CSC1(C)C. The second-order valence-electron chi connectivity index (χ2n) is 11.0. The molecule has 2 aromatic carbocycles. The van der Waals surface area contributed by atoms with E-state index in [9.17, 15) is 19.5 Å². The zero-order valence-corrected chi connectivity index (χ0v) is 23.3. The number of carbonyl (C=O) groups is 3. The van der Waals surface area contributed by atoms with E-state index in [1.54, 1.807) is 0 Å². The van der Waals surface area contributed by atoms with Crippen molar-refractivity contribution >= 4 is 29.5 Å². The molecule has 1 heterocycles. The van der Waals surface area contributed by atoms with Gasteiger partial charge in [0.1, 0.15) is 6.04 Å². The lowest BCUT2D eigenvalue weighted by molar-refractivity contribution is -0.148. The Labute approximate surface area is 229 Å². The quantitative estimate of drug-likeness (QED) is 0.454. The van der Waals surface area contributed by atoms with E-state index in [0.29, 0.717) is 18.8 Å². The molecule has 3 atom stereocenters. The fraction of sp³-hybridized carbons (Fsp3) is 0.500. The van der Waals surface area contributed by atoms with Crippen molar-refractivity contribution in [2.45, 2.75) is 82.4 Å². The molecule has 3 N–H and O–H groups in total. The van der Waals surface area contributed by atoms with Gasteiger partial charge in [0, 0.05) is 17.2 Å². The minimum Gasteiger partial charge on any atom is -0.381 e. The van der Waals surface area contributed by atoms with Gasteiger partial charge in [0.25, 0.3) is 5.91 Å². The van der Waals surface area contributed by atoms with Crippen LogP contribution in [0.3, 0.4) is 0 Å². The first-order chi connectivity index (χ1) is 18.2. The standard InChI is InChI=1S/C30H39N3O4S/c1-20-11-7-8-16-23(20)18-31-28(36)26-30(2,3)38-19-33(26)29(37)25(34)24(17-21-12-5-4-6-13-21)32-27(35)22-14-9-10-15-22/h4-8,11-13,16,22,24-26,34H,9-10,14-15,17-19H2,1-3H3,(H,31,36)(H,32,35)/t24-,25-,26+/m0/s1. The molecule has 7 nitrogen and oxygen atoms in total. The highest BCUT2D eigenvalue weighted by Crippen LogP contribution is 2.40. The van der Waals surface area contributed by atoms with Crippen molar-refractivity contribution in [3.05, 3.63) is 71.3 Å². The highest BCUT2D eigenvalue weighted by atomic mass is 32.2. The first kappa shape index (κ1) is 28.2. The van der Waals surface area contributed by atoms with Crippen molar-refractivity contribution in [1.29, 1.82) is 0 Å². The Hall–Kier alpha value is -2.84. The Bertz CT molecular complexity index is 1130. The van der Waals surface area contributed by atoms with Gasteiger partial charge in [0.05, 0.1) is 11.9 Å². The van der Waals surface area contributed by atoms with Gasteiger partial charge >= 0.3 is 0 Å². The molecule has 0 unspecified atom stereocenters. The van der Waals surface area contributed by atoms with Gasteiger partial charge < -0.3 is 20.6 Å². The number of thioether (sulfide) groups is 1. The second-order valence-corrected chi connectivity index (χ2v) is 12.6. The van der Waals surface area contributed by atoms with Gasteiger partial charge in [-0.3, -0.25) is 14.4 Å². The van der Waals surface area contributed by atoms with E-state index in [-0.39, 0.29) is 17.7 Å². The van der Waals surface area contributed by atoms with E-state index in [1.165, 1.54) is 16.7 Å². The summed E-state index contributed by atoms with van der Waals surface area (Å²) in [5, 5.41) is 17.3. The molecule has 38 heavy (non-hydrogen) atoms. The summed E-state index contributed by atoms with van der Waals surface area (Å²) in [6, 6.07) is 15.9. The topological polar surface area (TPSA) is 98.7 Å². The molecule has 2 aliphatic rings. The first-order valence-electron chi connectivity index (χ1n) is 13.5. The van der Waals surface area contributed by atoms with Crippen LogP contribution < -0.4 is 10.6 Å². The lowest BCUT2D eigenvalue weighted by Gasteiger charge is -2.33. The van der Waals surface area contributed by atoms with Gasteiger partial charge in [0.2, 0.25) is 11.8 Å². The highest BCUT2D eigenvalue weighted by molar-refractivity contribution is 8.00. The summed E-state index contributed by atoms with van der Waals surface area (Å²) in [4.78, 5) is 41.6. The van der Waals surface area contributed by atoms with Gasteiger partial charge in [-0.05, 0) is 56.7 Å². The number of benzene rings is 2. The number of aliphatic hydroxyl groups is 1. The van der Waals surface area contributed by atoms with Crippen LogP contribution in [0.1, 0.15) is 56.2 Å². The van der Waals surface area contributed by atoms with E-state index in [4.69, 9.17) is 0 Å². The predicted molar refractivity (Wildman–Crippen MR) is 150 cm³/mol. The zero-order valence-electron chi connectivity index (χ0n) is 22.5. The summed E-state index contributed by atoms with van der Waals surface area (Å²) >= 11 is 1.51. The maximum Gasteiger partial charge on any atom is 0.254 e. The number of nitrogens with zero attached hydrogens (tertiary/aromatic N) is 1. The van der Waals surface area contributed by atoms with Gasteiger partial charge in [-0.1, -0.05) is 67.4 Å². The molecule has 3 amide bonds. The van der Waals surface area contributed by atoms with E-state index >= 15 is 0 Å². The molecule has 0 radical (unpaired) electrons. The fourth-order valence-electron chi connectivity index (χ4n) is 5.44. The number of hydrogen-bond acceptors (Lipinski definition) is 5. The number of amides is 3. The Balaban J connectivity index is 1.50. The Kier molecular flexibility index (Phi) is 9.15. The third kappa shape index (κ3) is 6.59. The number of nitrogens with one attached hydrogen (secondary N) is 2. The Morgan fingerprint density at radius 2 is 1.68 bits per heavy atom. The molecule has 1 saturated carbocycles. The lowest BCUT2D eigenvalue weighted by atomic mass is 9.96. The van der Waals surface area contributed by atoms with Crippen molar-refractivity contribution in [1.82, 2.24) is 15.5 Å². The maximum atomic E-state index is 13.7. The maximum absolute atomic E-state index is 13.7. The molecule has 1 saturated heterocycles. The minimum absolute atomic E-state index is 0.0863. The summed E-state index contributed by atoms with van der Waals surface area (Å²) in [7, 11) is 0. The third-order valence-corrected chi connectivity index (χ3v) is 9.15. The monoisotopic (exact) mass is 537 g/mol. The van der Waals surface area contributed by atoms with Crippen LogP contribution in [-0.4, -0.2) is 56.5 Å². The van der Waals surface area contributed by atoms with Gasteiger partial charge in [-0.25, -0.2) is 0 Å². The van der Waals surface area contributed by atoms with Crippen LogP contribution in [0, 0.1) is 12.8 Å². The van der Waals surface area contributed by atoms with Crippen molar-refractivity contribution in [2.24, 2.45) is 5.92 Å². The van der Waals surface area contributed by atoms with Gasteiger partial charge in [0.15, 0.2) is 6.10 Å². The fourth-order valence-corrected chi connectivity index (χ4v) is 6.58. The first-order valence-corrected chi connectivity index (χ1v) is 14.4.